The van der Waals surface area contributed by atoms with Crippen LogP contribution in [0.2, 0.25) is 0 Å². The quantitative estimate of drug-likeness (QED) is 0.849. The molecular weight excluding hydrogens is 308 g/mol. The van der Waals surface area contributed by atoms with E-state index in [1.54, 1.807) is 18.3 Å². The molecule has 0 radical (unpaired) electrons. The minimum atomic E-state index is -0.0306. The number of aromatic nitrogens is 2. The van der Waals surface area contributed by atoms with Crippen molar-refractivity contribution in [3.8, 4) is 5.88 Å². The highest BCUT2D eigenvalue weighted by Gasteiger charge is 2.25. The van der Waals surface area contributed by atoms with Crippen molar-refractivity contribution in [2.75, 3.05) is 33.3 Å². The van der Waals surface area contributed by atoms with Gasteiger partial charge in [0.1, 0.15) is 11.3 Å². The third kappa shape index (κ3) is 3.26. The summed E-state index contributed by atoms with van der Waals surface area (Å²) in [6, 6.07) is 3.51. The molecule has 1 aliphatic heterocycles. The van der Waals surface area contributed by atoms with Crippen LogP contribution in [0, 0.1) is 13.8 Å². The maximum Gasteiger partial charge on any atom is 0.259 e. The molecule has 1 fully saturated rings. The minimum Gasteiger partial charge on any atom is -0.480 e. The lowest BCUT2D eigenvalue weighted by Crippen LogP contribution is -2.48. The van der Waals surface area contributed by atoms with Crippen molar-refractivity contribution in [2.24, 2.45) is 0 Å². The van der Waals surface area contributed by atoms with E-state index >= 15 is 0 Å². The van der Waals surface area contributed by atoms with Crippen LogP contribution in [-0.2, 0) is 6.54 Å². The van der Waals surface area contributed by atoms with E-state index in [1.807, 2.05) is 18.7 Å². The molecule has 24 heavy (non-hydrogen) atoms. The molecule has 0 atom stereocenters. The largest absolute Gasteiger partial charge is 0.480 e. The van der Waals surface area contributed by atoms with Crippen molar-refractivity contribution < 1.29 is 14.1 Å². The van der Waals surface area contributed by atoms with E-state index in [-0.39, 0.29) is 5.91 Å². The number of methoxy groups -OCH3 is 1. The summed E-state index contributed by atoms with van der Waals surface area (Å²) in [4.78, 5) is 20.9. The zero-order chi connectivity index (χ0) is 17.1. The Hall–Kier alpha value is -2.41. The normalized spacial score (nSPS) is 15.5. The van der Waals surface area contributed by atoms with Crippen LogP contribution in [0.15, 0.2) is 22.9 Å². The van der Waals surface area contributed by atoms with Gasteiger partial charge in [-0.2, -0.15) is 0 Å². The molecule has 3 heterocycles. The first-order valence-electron chi connectivity index (χ1n) is 8.02. The second kappa shape index (κ2) is 7.00. The van der Waals surface area contributed by atoms with E-state index in [1.165, 1.54) is 7.11 Å². The number of piperazine rings is 1. The van der Waals surface area contributed by atoms with Gasteiger partial charge >= 0.3 is 0 Å². The monoisotopic (exact) mass is 330 g/mol. The molecule has 0 unspecified atom stereocenters. The van der Waals surface area contributed by atoms with Crippen LogP contribution >= 0.6 is 0 Å². The fourth-order valence-electron chi connectivity index (χ4n) is 2.95. The Kier molecular flexibility index (Phi) is 4.80. The fourth-order valence-corrected chi connectivity index (χ4v) is 2.95. The summed E-state index contributed by atoms with van der Waals surface area (Å²) in [5, 5.41) is 4.00. The Balaban J connectivity index is 1.62. The van der Waals surface area contributed by atoms with Crippen molar-refractivity contribution >= 4 is 5.91 Å². The number of ether oxygens (including phenoxy) is 1. The molecule has 0 aliphatic carbocycles. The zero-order valence-electron chi connectivity index (χ0n) is 14.3. The van der Waals surface area contributed by atoms with Crippen molar-refractivity contribution in [3.05, 3.63) is 40.9 Å². The van der Waals surface area contributed by atoms with E-state index in [2.05, 4.69) is 15.0 Å². The first-order valence-corrected chi connectivity index (χ1v) is 8.02. The van der Waals surface area contributed by atoms with Crippen LogP contribution in [0.5, 0.6) is 5.88 Å². The highest BCUT2D eigenvalue weighted by molar-refractivity contribution is 5.96. The molecule has 128 valence electrons. The van der Waals surface area contributed by atoms with Crippen LogP contribution in [-0.4, -0.2) is 59.1 Å². The summed E-state index contributed by atoms with van der Waals surface area (Å²) in [7, 11) is 1.53. The molecule has 0 saturated carbocycles. The Labute approximate surface area is 141 Å². The van der Waals surface area contributed by atoms with Gasteiger partial charge in [-0.1, -0.05) is 5.16 Å². The van der Waals surface area contributed by atoms with Gasteiger partial charge in [0.15, 0.2) is 0 Å². The van der Waals surface area contributed by atoms with Gasteiger partial charge < -0.3 is 14.2 Å². The summed E-state index contributed by atoms with van der Waals surface area (Å²) >= 11 is 0. The molecule has 3 rings (SSSR count). The fraction of sp³-hybridized carbons (Fsp3) is 0.471. The van der Waals surface area contributed by atoms with Gasteiger partial charge in [0.2, 0.25) is 5.88 Å². The van der Waals surface area contributed by atoms with Crippen LogP contribution in [0.25, 0.3) is 0 Å². The second-order valence-corrected chi connectivity index (χ2v) is 5.93. The summed E-state index contributed by atoms with van der Waals surface area (Å²) in [6.07, 6.45) is 1.62. The lowest BCUT2D eigenvalue weighted by Gasteiger charge is -2.34. The van der Waals surface area contributed by atoms with Gasteiger partial charge in [-0.3, -0.25) is 9.69 Å². The molecule has 0 bridgehead atoms. The molecule has 0 N–H and O–H groups in total. The Morgan fingerprint density at radius 1 is 1.29 bits per heavy atom. The summed E-state index contributed by atoms with van der Waals surface area (Å²) < 4.78 is 10.4. The smallest absolute Gasteiger partial charge is 0.259 e. The van der Waals surface area contributed by atoms with Gasteiger partial charge in [0.05, 0.1) is 12.8 Å². The topological polar surface area (TPSA) is 71.7 Å². The third-order valence-electron chi connectivity index (χ3n) is 4.42. The van der Waals surface area contributed by atoms with E-state index in [9.17, 15) is 4.79 Å². The standard InChI is InChI=1S/C17H22N4O3/c1-12-15(13(2)24-19-12)11-20-7-9-21(10-8-20)17(22)14-5-4-6-18-16(14)23-3/h4-6H,7-11H2,1-3H3. The van der Waals surface area contributed by atoms with E-state index in [4.69, 9.17) is 9.26 Å². The SMILES string of the molecule is COc1ncccc1C(=O)N1CCN(Cc2c(C)noc2C)CC1. The zero-order valence-corrected chi connectivity index (χ0v) is 14.3. The average Bonchev–Trinajstić information content (AvgIpc) is 2.93. The minimum absolute atomic E-state index is 0.0306. The average molecular weight is 330 g/mol. The Morgan fingerprint density at radius 2 is 2.04 bits per heavy atom. The van der Waals surface area contributed by atoms with Gasteiger partial charge in [-0.05, 0) is 26.0 Å². The molecule has 1 amide bonds. The van der Waals surface area contributed by atoms with E-state index in [0.717, 1.165) is 36.7 Å². The van der Waals surface area contributed by atoms with Crippen molar-refractivity contribution in [3.63, 3.8) is 0 Å². The molecular formula is C17H22N4O3. The van der Waals surface area contributed by atoms with Crippen molar-refractivity contribution in [1.29, 1.82) is 0 Å². The number of carbonyl (C=O) groups is 1. The molecule has 1 saturated heterocycles. The van der Waals surface area contributed by atoms with Gasteiger partial charge in [-0.15, -0.1) is 0 Å². The number of rotatable bonds is 4. The number of amides is 1. The highest BCUT2D eigenvalue weighted by Crippen LogP contribution is 2.19. The molecule has 1 aliphatic rings. The van der Waals surface area contributed by atoms with Crippen molar-refractivity contribution in [2.45, 2.75) is 20.4 Å². The number of hydrogen-bond acceptors (Lipinski definition) is 6. The number of nitrogens with zero attached hydrogens (tertiary/aromatic N) is 4. The molecule has 7 heteroatoms. The first kappa shape index (κ1) is 16.4. The number of hydrogen-bond donors (Lipinski definition) is 0. The Bertz CT molecular complexity index is 701. The van der Waals surface area contributed by atoms with Gasteiger partial charge in [-0.25, -0.2) is 4.98 Å². The van der Waals surface area contributed by atoms with E-state index < -0.39 is 0 Å². The lowest BCUT2D eigenvalue weighted by atomic mass is 10.1. The molecule has 0 spiro atoms. The summed E-state index contributed by atoms with van der Waals surface area (Å²) in [5.74, 6) is 1.21. The number of pyridine rings is 1. The van der Waals surface area contributed by atoms with E-state index in [0.29, 0.717) is 24.5 Å². The maximum absolute atomic E-state index is 12.7. The van der Waals surface area contributed by atoms with Crippen molar-refractivity contribution in [1.82, 2.24) is 19.9 Å². The van der Waals surface area contributed by atoms with Crippen LogP contribution in [0.3, 0.4) is 0 Å². The summed E-state index contributed by atoms with van der Waals surface area (Å²) in [6.45, 7) is 7.70. The lowest BCUT2D eigenvalue weighted by molar-refractivity contribution is 0.0623. The molecule has 2 aromatic heterocycles. The second-order valence-electron chi connectivity index (χ2n) is 5.93. The third-order valence-corrected chi connectivity index (χ3v) is 4.42. The molecule has 0 aromatic carbocycles. The molecule has 7 nitrogen and oxygen atoms in total. The Morgan fingerprint density at radius 3 is 2.67 bits per heavy atom. The number of carbonyl (C=O) groups excluding carboxylic acids is 1. The van der Waals surface area contributed by atoms with Crippen LogP contribution in [0.1, 0.15) is 27.4 Å². The van der Waals surface area contributed by atoms with Gasteiger partial charge in [0, 0.05) is 44.5 Å². The summed E-state index contributed by atoms with van der Waals surface area (Å²) in [5.41, 5.74) is 2.59. The van der Waals surface area contributed by atoms with Gasteiger partial charge in [0.25, 0.3) is 5.91 Å². The predicted octanol–water partition coefficient (Wildman–Crippen LogP) is 1.65. The number of aryl methyl sites for hydroxylation is 2. The predicted molar refractivity (Wildman–Crippen MR) is 87.9 cm³/mol. The van der Waals surface area contributed by atoms with Crippen LogP contribution in [0.4, 0.5) is 0 Å². The molecule has 2 aromatic rings. The maximum atomic E-state index is 12.7. The first-order chi connectivity index (χ1) is 11.6. The van der Waals surface area contributed by atoms with Crippen LogP contribution < -0.4 is 4.74 Å². The highest BCUT2D eigenvalue weighted by atomic mass is 16.5.